The van der Waals surface area contributed by atoms with E-state index in [1.165, 1.54) is 16.8 Å². The van der Waals surface area contributed by atoms with E-state index in [4.69, 9.17) is 21.9 Å². The summed E-state index contributed by atoms with van der Waals surface area (Å²) in [5.74, 6) is 0.969. The fraction of sp³-hybridized carbons (Fsp3) is 0.333. The summed E-state index contributed by atoms with van der Waals surface area (Å²) in [5.41, 5.74) is 4.92. The highest BCUT2D eigenvalue weighted by atomic mass is 32.1. The number of nitrogens with one attached hydrogen (secondary N) is 2. The van der Waals surface area contributed by atoms with Crippen molar-refractivity contribution in [3.8, 4) is 0 Å². The lowest BCUT2D eigenvalue weighted by molar-refractivity contribution is 0.0515. The predicted octanol–water partition coefficient (Wildman–Crippen LogP) is 5.20. The number of thiocarbonyl (C=S) groups is 1. The molecule has 0 radical (unpaired) electrons. The van der Waals surface area contributed by atoms with Gasteiger partial charge in [0.2, 0.25) is 0 Å². The maximum atomic E-state index is 5.64. The number of ether oxygens (including phenoxy) is 1. The first-order valence-electron chi connectivity index (χ1n) is 11.7. The Hall–Kier alpha value is -2.96. The topological polar surface area (TPSA) is 49.4 Å². The van der Waals surface area contributed by atoms with Gasteiger partial charge in [0.1, 0.15) is 5.82 Å². The molecule has 2 aliphatic heterocycles. The molecule has 0 saturated carbocycles. The van der Waals surface area contributed by atoms with E-state index < -0.39 is 0 Å². The molecule has 5 rings (SSSR count). The average molecular weight is 459 g/mol. The molecule has 5 nitrogen and oxygen atoms in total. The molecule has 3 heterocycles. The summed E-state index contributed by atoms with van der Waals surface area (Å²) in [4.78, 5) is 7.02. The summed E-state index contributed by atoms with van der Waals surface area (Å²) in [6.45, 7) is 3.33. The highest BCUT2D eigenvalue weighted by Crippen LogP contribution is 2.34. The monoisotopic (exact) mass is 458 g/mol. The lowest BCUT2D eigenvalue weighted by Crippen LogP contribution is -2.45. The molecule has 6 heteroatoms. The number of hydrogen-bond donors (Lipinski definition) is 2. The van der Waals surface area contributed by atoms with E-state index in [1.54, 1.807) is 0 Å². The Labute approximate surface area is 201 Å². The lowest BCUT2D eigenvalue weighted by Gasteiger charge is -2.38. The van der Waals surface area contributed by atoms with Crippen LogP contribution in [-0.2, 0) is 16.6 Å². The van der Waals surface area contributed by atoms with E-state index in [0.29, 0.717) is 5.11 Å². The van der Waals surface area contributed by atoms with Gasteiger partial charge in [-0.25, -0.2) is 4.98 Å². The first-order chi connectivity index (χ1) is 16.2. The van der Waals surface area contributed by atoms with Gasteiger partial charge in [0, 0.05) is 37.4 Å². The van der Waals surface area contributed by atoms with Crippen molar-refractivity contribution in [3.05, 3.63) is 84.1 Å². The van der Waals surface area contributed by atoms with Gasteiger partial charge in [-0.15, -0.1) is 0 Å². The molecule has 0 spiro atoms. The molecule has 0 aliphatic carbocycles. The summed E-state index contributed by atoms with van der Waals surface area (Å²) in [6, 6.07) is 23.4. The van der Waals surface area contributed by atoms with Gasteiger partial charge in [-0.1, -0.05) is 48.5 Å². The van der Waals surface area contributed by atoms with Gasteiger partial charge < -0.3 is 20.3 Å². The quantitative estimate of drug-likeness (QED) is 0.513. The van der Waals surface area contributed by atoms with Crippen LogP contribution in [0.25, 0.3) is 0 Å². The fourth-order valence-electron chi connectivity index (χ4n) is 4.94. The van der Waals surface area contributed by atoms with Crippen molar-refractivity contribution in [2.24, 2.45) is 0 Å². The molecule has 0 unspecified atom stereocenters. The van der Waals surface area contributed by atoms with E-state index in [2.05, 4.69) is 82.3 Å². The standard InChI is InChI=1S/C27H30N4OS/c33-26(29-20-27(14-17-32-18-15-27)22-9-2-1-3-10-22)30-23-12-13-25(28-19-23)31-16-6-8-21-7-4-5-11-24(21)31/h1-5,7,9-13,19H,6,8,14-18,20H2,(H2,29,30,33). The van der Waals surface area contributed by atoms with Crippen LogP contribution in [0.5, 0.6) is 0 Å². The molecule has 170 valence electrons. The number of rotatable bonds is 5. The van der Waals surface area contributed by atoms with Crippen LogP contribution in [0.4, 0.5) is 17.2 Å². The van der Waals surface area contributed by atoms with Crippen LogP contribution in [0.15, 0.2) is 72.9 Å². The van der Waals surface area contributed by atoms with Gasteiger partial charge in [-0.2, -0.15) is 0 Å². The predicted molar refractivity (Wildman–Crippen MR) is 138 cm³/mol. The molecule has 2 aromatic carbocycles. The number of para-hydroxylation sites is 1. The molecule has 3 aromatic rings. The van der Waals surface area contributed by atoms with Gasteiger partial charge in [0.25, 0.3) is 0 Å². The van der Waals surface area contributed by atoms with Gasteiger partial charge >= 0.3 is 0 Å². The van der Waals surface area contributed by atoms with Crippen molar-refractivity contribution in [1.29, 1.82) is 0 Å². The van der Waals surface area contributed by atoms with E-state index in [-0.39, 0.29) is 5.41 Å². The summed E-state index contributed by atoms with van der Waals surface area (Å²) in [6.07, 6.45) is 6.10. The van der Waals surface area contributed by atoms with Gasteiger partial charge in [0.15, 0.2) is 5.11 Å². The largest absolute Gasteiger partial charge is 0.381 e. The number of benzene rings is 2. The van der Waals surface area contributed by atoms with Crippen LogP contribution in [0.1, 0.15) is 30.4 Å². The first kappa shape index (κ1) is 21.9. The Kier molecular flexibility index (Phi) is 6.55. The molecule has 0 amide bonds. The van der Waals surface area contributed by atoms with Crippen molar-refractivity contribution in [1.82, 2.24) is 10.3 Å². The molecule has 1 fully saturated rings. The summed E-state index contributed by atoms with van der Waals surface area (Å²) in [7, 11) is 0. The Morgan fingerprint density at radius 2 is 1.79 bits per heavy atom. The van der Waals surface area contributed by atoms with E-state index in [9.17, 15) is 0 Å². The molecular formula is C27H30N4OS. The van der Waals surface area contributed by atoms with Crippen LogP contribution in [0, 0.1) is 0 Å². The summed E-state index contributed by atoms with van der Waals surface area (Å²) < 4.78 is 5.64. The minimum Gasteiger partial charge on any atom is -0.381 e. The zero-order valence-corrected chi connectivity index (χ0v) is 19.6. The second-order valence-corrected chi connectivity index (χ2v) is 9.26. The van der Waals surface area contributed by atoms with Gasteiger partial charge in [-0.3, -0.25) is 0 Å². The number of hydrogen-bond acceptors (Lipinski definition) is 4. The Balaban J connectivity index is 1.23. The Bertz CT molecular complexity index is 1080. The van der Waals surface area contributed by atoms with Crippen LogP contribution in [-0.4, -0.2) is 36.4 Å². The summed E-state index contributed by atoms with van der Waals surface area (Å²) >= 11 is 5.62. The van der Waals surface area contributed by atoms with Crippen molar-refractivity contribution in [2.75, 3.05) is 36.5 Å². The maximum Gasteiger partial charge on any atom is 0.170 e. The van der Waals surface area contributed by atoms with E-state index >= 15 is 0 Å². The molecular weight excluding hydrogens is 428 g/mol. The zero-order valence-electron chi connectivity index (χ0n) is 18.8. The van der Waals surface area contributed by atoms with Crippen molar-refractivity contribution in [2.45, 2.75) is 31.1 Å². The molecule has 2 aliphatic rings. The third-order valence-electron chi connectivity index (χ3n) is 6.82. The lowest BCUT2D eigenvalue weighted by atomic mass is 9.74. The Morgan fingerprint density at radius 1 is 1.00 bits per heavy atom. The third-order valence-corrected chi connectivity index (χ3v) is 7.06. The molecule has 33 heavy (non-hydrogen) atoms. The smallest absolute Gasteiger partial charge is 0.170 e. The number of pyridine rings is 1. The van der Waals surface area contributed by atoms with Crippen molar-refractivity contribution < 1.29 is 4.74 Å². The van der Waals surface area contributed by atoms with Gasteiger partial charge in [-0.05, 0) is 67.2 Å². The maximum absolute atomic E-state index is 5.64. The van der Waals surface area contributed by atoms with Crippen molar-refractivity contribution >= 4 is 34.5 Å². The molecule has 0 atom stereocenters. The Morgan fingerprint density at radius 3 is 2.58 bits per heavy atom. The van der Waals surface area contributed by atoms with Gasteiger partial charge in [0.05, 0.1) is 11.9 Å². The molecule has 2 N–H and O–H groups in total. The number of aryl methyl sites for hydroxylation is 1. The summed E-state index contributed by atoms with van der Waals surface area (Å²) in [5, 5.41) is 7.39. The van der Waals surface area contributed by atoms with Crippen LogP contribution in [0.2, 0.25) is 0 Å². The highest BCUT2D eigenvalue weighted by Gasteiger charge is 2.34. The van der Waals surface area contributed by atoms with Crippen LogP contribution >= 0.6 is 12.2 Å². The van der Waals surface area contributed by atoms with E-state index in [1.807, 2.05) is 6.20 Å². The first-order valence-corrected chi connectivity index (χ1v) is 12.1. The number of nitrogens with zero attached hydrogens (tertiary/aromatic N) is 2. The third kappa shape index (κ3) is 4.87. The van der Waals surface area contributed by atoms with E-state index in [0.717, 1.165) is 63.5 Å². The second-order valence-electron chi connectivity index (χ2n) is 8.86. The number of aromatic nitrogens is 1. The zero-order chi connectivity index (χ0) is 22.5. The second kappa shape index (κ2) is 9.89. The molecule has 0 bridgehead atoms. The van der Waals surface area contributed by atoms with Crippen molar-refractivity contribution in [3.63, 3.8) is 0 Å². The molecule has 1 saturated heterocycles. The van der Waals surface area contributed by atoms with Crippen LogP contribution < -0.4 is 15.5 Å². The average Bonchev–Trinajstić information content (AvgIpc) is 2.89. The number of anilines is 3. The molecule has 1 aromatic heterocycles. The van der Waals surface area contributed by atoms with Crippen LogP contribution in [0.3, 0.4) is 0 Å². The fourth-order valence-corrected chi connectivity index (χ4v) is 5.13. The minimum atomic E-state index is 0.0367. The highest BCUT2D eigenvalue weighted by molar-refractivity contribution is 7.80. The number of fused-ring (bicyclic) bond motifs is 1. The SMILES string of the molecule is S=C(NCC1(c2ccccc2)CCOCC1)Nc1ccc(N2CCCc3ccccc32)nc1. The normalized spacial score (nSPS) is 17.2. The minimum absolute atomic E-state index is 0.0367.